The Morgan fingerprint density at radius 1 is 0.500 bits per heavy atom. The number of unbranched alkanes of at least 4 members (excludes halogenated alkanes) is 21. The first-order valence-corrected chi connectivity index (χ1v) is 13.7. The van der Waals surface area contributed by atoms with E-state index in [2.05, 4.69) is 11.4 Å². The predicted octanol–water partition coefficient (Wildman–Crippen LogP) is 9.25. The Labute approximate surface area is 177 Å². The van der Waals surface area contributed by atoms with Gasteiger partial charge < -0.3 is 0 Å². The van der Waals surface area contributed by atoms with E-state index in [-0.39, 0.29) is 0 Å². The van der Waals surface area contributed by atoms with Crippen LogP contribution in [0.15, 0.2) is 0 Å². The standard InChI is InChI=1S/C24H49O3P/c1-2-3-4-5-6-7-8-9-10-11-12-13-14-15-16-17-18-19-20-21-22-23-24-27-28(25)26/h2-24H2,1H3/p+1. The first-order chi connectivity index (χ1) is 13.8. The molecule has 168 valence electrons. The van der Waals surface area contributed by atoms with E-state index in [0.717, 1.165) is 12.8 Å². The van der Waals surface area contributed by atoms with Crippen LogP contribution in [0.2, 0.25) is 0 Å². The van der Waals surface area contributed by atoms with Gasteiger partial charge in [-0.05, 0) is 6.42 Å². The topological polar surface area (TPSA) is 46.5 Å². The molecule has 0 rings (SSSR count). The summed E-state index contributed by atoms with van der Waals surface area (Å²) in [7, 11) is -2.40. The molecule has 0 saturated heterocycles. The molecule has 0 aromatic carbocycles. The molecular weight excluding hydrogens is 367 g/mol. The molecule has 1 atom stereocenters. The second-order valence-corrected chi connectivity index (χ2v) is 9.23. The van der Waals surface area contributed by atoms with Crippen molar-refractivity contribution in [1.29, 1.82) is 0 Å². The number of rotatable bonds is 24. The maximum atomic E-state index is 10.3. The molecule has 0 aromatic rings. The van der Waals surface area contributed by atoms with Crippen molar-refractivity contribution in [3.63, 3.8) is 0 Å². The smallest absolute Gasteiger partial charge is 0.133 e. The molecule has 0 radical (unpaired) electrons. The highest BCUT2D eigenvalue weighted by molar-refractivity contribution is 7.32. The van der Waals surface area contributed by atoms with Crippen molar-refractivity contribution < 1.29 is 14.0 Å². The Bertz CT molecular complexity index is 310. The molecular formula is C24H50O3P+. The molecule has 0 spiro atoms. The highest BCUT2D eigenvalue weighted by atomic mass is 31.1. The monoisotopic (exact) mass is 417 g/mol. The molecule has 28 heavy (non-hydrogen) atoms. The van der Waals surface area contributed by atoms with E-state index in [4.69, 9.17) is 4.89 Å². The minimum Gasteiger partial charge on any atom is -0.133 e. The second kappa shape index (κ2) is 25.1. The fourth-order valence-corrected chi connectivity index (χ4v) is 4.14. The second-order valence-electron chi connectivity index (χ2n) is 8.50. The van der Waals surface area contributed by atoms with E-state index in [9.17, 15) is 4.57 Å². The maximum absolute atomic E-state index is 10.3. The number of hydrogen-bond donors (Lipinski definition) is 1. The third kappa shape index (κ3) is 26.0. The van der Waals surface area contributed by atoms with Crippen LogP contribution in [0.1, 0.15) is 148 Å². The first kappa shape index (κ1) is 28.0. The summed E-state index contributed by atoms with van der Waals surface area (Å²) in [5, 5.41) is 0. The Morgan fingerprint density at radius 3 is 1.00 bits per heavy atom. The summed E-state index contributed by atoms with van der Waals surface area (Å²) in [5.41, 5.74) is 0. The zero-order chi connectivity index (χ0) is 20.5. The van der Waals surface area contributed by atoms with Crippen molar-refractivity contribution in [2.75, 3.05) is 6.61 Å². The average Bonchev–Trinajstić information content (AvgIpc) is 2.68. The Hall–Kier alpha value is 0.0200. The summed E-state index contributed by atoms with van der Waals surface area (Å²) in [6.07, 6.45) is 30.3. The van der Waals surface area contributed by atoms with Gasteiger partial charge in [0.25, 0.3) is 0 Å². The fraction of sp³-hybridized carbons (Fsp3) is 1.00. The molecule has 0 saturated carbocycles. The SMILES string of the molecule is CCCCCCCCCCCCCCCCCCCCCCCCO[P+](=O)O. The van der Waals surface area contributed by atoms with Crippen LogP contribution in [0.4, 0.5) is 0 Å². The van der Waals surface area contributed by atoms with E-state index in [1.807, 2.05) is 0 Å². The zero-order valence-electron chi connectivity index (χ0n) is 19.0. The summed E-state index contributed by atoms with van der Waals surface area (Å²) >= 11 is 0. The fourth-order valence-electron chi connectivity index (χ4n) is 3.85. The van der Waals surface area contributed by atoms with Crippen molar-refractivity contribution in [3.8, 4) is 0 Å². The molecule has 0 aromatic heterocycles. The van der Waals surface area contributed by atoms with Gasteiger partial charge in [0.15, 0.2) is 0 Å². The van der Waals surface area contributed by atoms with Gasteiger partial charge in [0.1, 0.15) is 6.61 Å². The van der Waals surface area contributed by atoms with E-state index in [1.165, 1.54) is 128 Å². The number of hydrogen-bond acceptors (Lipinski definition) is 2. The summed E-state index contributed by atoms with van der Waals surface area (Å²) in [5.74, 6) is 0. The van der Waals surface area contributed by atoms with Gasteiger partial charge in [0.05, 0.1) is 0 Å². The maximum Gasteiger partial charge on any atom is 0.694 e. The average molecular weight is 418 g/mol. The van der Waals surface area contributed by atoms with Crippen LogP contribution in [0, 0.1) is 0 Å². The van der Waals surface area contributed by atoms with Crippen molar-refractivity contribution in [2.24, 2.45) is 0 Å². The highest BCUT2D eigenvalue weighted by Crippen LogP contribution is 2.17. The molecule has 0 heterocycles. The Kier molecular flexibility index (Phi) is 25.1. The van der Waals surface area contributed by atoms with Gasteiger partial charge in [0.2, 0.25) is 0 Å². The normalized spacial score (nSPS) is 11.9. The van der Waals surface area contributed by atoms with Gasteiger partial charge in [-0.3, -0.25) is 0 Å². The van der Waals surface area contributed by atoms with E-state index in [1.54, 1.807) is 0 Å². The van der Waals surface area contributed by atoms with E-state index in [0.29, 0.717) is 6.61 Å². The first-order valence-electron chi connectivity index (χ1n) is 12.6. The molecule has 0 amide bonds. The minimum absolute atomic E-state index is 0.421. The Balaban J connectivity index is 2.99. The van der Waals surface area contributed by atoms with E-state index >= 15 is 0 Å². The quantitative estimate of drug-likeness (QED) is 0.126. The Morgan fingerprint density at radius 2 is 0.750 bits per heavy atom. The molecule has 0 bridgehead atoms. The molecule has 1 unspecified atom stereocenters. The summed E-state index contributed by atoms with van der Waals surface area (Å²) in [6.45, 7) is 2.71. The molecule has 0 aliphatic carbocycles. The molecule has 4 heteroatoms. The third-order valence-electron chi connectivity index (χ3n) is 5.70. The van der Waals surface area contributed by atoms with Crippen LogP contribution in [0.5, 0.6) is 0 Å². The molecule has 0 aliphatic heterocycles. The zero-order valence-corrected chi connectivity index (χ0v) is 19.9. The van der Waals surface area contributed by atoms with Gasteiger partial charge >= 0.3 is 8.25 Å². The molecule has 3 nitrogen and oxygen atoms in total. The summed E-state index contributed by atoms with van der Waals surface area (Å²) in [6, 6.07) is 0. The van der Waals surface area contributed by atoms with Crippen LogP contribution in [0.25, 0.3) is 0 Å². The largest absolute Gasteiger partial charge is 0.694 e. The lowest BCUT2D eigenvalue weighted by atomic mass is 10.0. The lowest BCUT2D eigenvalue weighted by molar-refractivity contribution is 0.273. The van der Waals surface area contributed by atoms with Gasteiger partial charge in [-0.1, -0.05) is 142 Å². The minimum atomic E-state index is -2.40. The summed E-state index contributed by atoms with van der Waals surface area (Å²) in [4.78, 5) is 8.51. The van der Waals surface area contributed by atoms with Gasteiger partial charge in [-0.2, -0.15) is 0 Å². The van der Waals surface area contributed by atoms with Gasteiger partial charge in [0, 0.05) is 4.57 Å². The lowest BCUT2D eigenvalue weighted by Gasteiger charge is -2.04. The van der Waals surface area contributed by atoms with Crippen molar-refractivity contribution in [1.82, 2.24) is 0 Å². The predicted molar refractivity (Wildman–Crippen MR) is 123 cm³/mol. The van der Waals surface area contributed by atoms with Crippen LogP contribution >= 0.6 is 8.25 Å². The highest BCUT2D eigenvalue weighted by Gasteiger charge is 2.09. The van der Waals surface area contributed by atoms with E-state index < -0.39 is 8.25 Å². The summed E-state index contributed by atoms with van der Waals surface area (Å²) < 4.78 is 15.0. The van der Waals surface area contributed by atoms with Gasteiger partial charge in [-0.15, -0.1) is 9.42 Å². The van der Waals surface area contributed by atoms with Crippen LogP contribution < -0.4 is 0 Å². The third-order valence-corrected chi connectivity index (χ3v) is 6.10. The van der Waals surface area contributed by atoms with Crippen LogP contribution in [-0.4, -0.2) is 11.5 Å². The molecule has 1 N–H and O–H groups in total. The van der Waals surface area contributed by atoms with Crippen molar-refractivity contribution >= 4 is 8.25 Å². The molecule has 0 fully saturated rings. The van der Waals surface area contributed by atoms with Crippen LogP contribution in [-0.2, 0) is 9.09 Å². The van der Waals surface area contributed by atoms with Crippen LogP contribution in [0.3, 0.4) is 0 Å². The van der Waals surface area contributed by atoms with Gasteiger partial charge in [-0.25, -0.2) is 0 Å². The van der Waals surface area contributed by atoms with Crippen molar-refractivity contribution in [2.45, 2.75) is 148 Å². The molecule has 0 aliphatic rings. The van der Waals surface area contributed by atoms with Crippen molar-refractivity contribution in [3.05, 3.63) is 0 Å². The lowest BCUT2D eigenvalue weighted by Crippen LogP contribution is -1.87.